The average molecular weight is 290 g/mol. The van der Waals surface area contributed by atoms with E-state index in [1.165, 1.54) is 18.3 Å². The first-order valence-electron chi connectivity index (χ1n) is 6.45. The minimum absolute atomic E-state index is 0.0232. The molecule has 0 spiro atoms. The number of carboxylic acid groups (broad SMARTS) is 1. The summed E-state index contributed by atoms with van der Waals surface area (Å²) in [5.74, 6) is -2.80. The van der Waals surface area contributed by atoms with E-state index >= 15 is 0 Å². The van der Waals surface area contributed by atoms with Crippen molar-refractivity contribution in [3.63, 3.8) is 0 Å². The number of rotatable bonds is 2. The first-order valence-corrected chi connectivity index (χ1v) is 6.45. The van der Waals surface area contributed by atoms with Gasteiger partial charge in [-0.05, 0) is 35.7 Å². The van der Waals surface area contributed by atoms with E-state index in [4.69, 9.17) is 5.11 Å². The Kier molecular flexibility index (Phi) is 3.29. The first-order chi connectivity index (χ1) is 10.0. The van der Waals surface area contributed by atoms with Gasteiger partial charge in [-0.25, -0.2) is 18.6 Å². The van der Waals surface area contributed by atoms with Gasteiger partial charge in [0.25, 0.3) is 0 Å². The lowest BCUT2D eigenvalue weighted by Gasteiger charge is -2.30. The lowest BCUT2D eigenvalue weighted by Crippen LogP contribution is -2.30. The van der Waals surface area contributed by atoms with Gasteiger partial charge in [0, 0.05) is 31.0 Å². The summed E-state index contributed by atoms with van der Waals surface area (Å²) in [5.41, 5.74) is 2.45. The van der Waals surface area contributed by atoms with Crippen LogP contribution in [0.3, 0.4) is 0 Å². The molecule has 2 heterocycles. The summed E-state index contributed by atoms with van der Waals surface area (Å²) < 4.78 is 26.3. The van der Waals surface area contributed by atoms with Gasteiger partial charge in [0.2, 0.25) is 0 Å². The monoisotopic (exact) mass is 290 g/mol. The SMILES string of the molecule is O=C(O)c1cc2c(cn1)CN(c1ccc(F)c(F)c1)CC2. The molecule has 6 heteroatoms. The van der Waals surface area contributed by atoms with E-state index < -0.39 is 17.6 Å². The number of nitrogens with zero attached hydrogens (tertiary/aromatic N) is 2. The van der Waals surface area contributed by atoms with Gasteiger partial charge >= 0.3 is 5.97 Å². The predicted octanol–water partition coefficient (Wildman–Crippen LogP) is 2.62. The zero-order valence-electron chi connectivity index (χ0n) is 11.0. The summed E-state index contributed by atoms with van der Waals surface area (Å²) in [6, 6.07) is 5.37. The molecule has 0 saturated heterocycles. The summed E-state index contributed by atoms with van der Waals surface area (Å²) in [6.45, 7) is 1.11. The van der Waals surface area contributed by atoms with E-state index in [0.717, 1.165) is 17.2 Å². The molecule has 0 bridgehead atoms. The molecule has 2 aromatic rings. The molecule has 108 valence electrons. The average Bonchev–Trinajstić information content (AvgIpc) is 2.49. The van der Waals surface area contributed by atoms with Crippen molar-refractivity contribution in [1.29, 1.82) is 0 Å². The maximum atomic E-state index is 13.3. The Bertz CT molecular complexity index is 719. The van der Waals surface area contributed by atoms with Crippen LogP contribution in [-0.2, 0) is 13.0 Å². The molecule has 0 unspecified atom stereocenters. The summed E-state index contributed by atoms with van der Waals surface area (Å²) in [6.07, 6.45) is 2.17. The molecule has 1 aromatic carbocycles. The molecule has 1 N–H and O–H groups in total. The van der Waals surface area contributed by atoms with Crippen molar-refractivity contribution in [2.45, 2.75) is 13.0 Å². The summed E-state index contributed by atoms with van der Waals surface area (Å²) in [4.78, 5) is 16.7. The highest BCUT2D eigenvalue weighted by molar-refractivity contribution is 5.85. The molecular formula is C15H12F2N2O2. The van der Waals surface area contributed by atoms with Crippen LogP contribution in [0.1, 0.15) is 21.6 Å². The van der Waals surface area contributed by atoms with E-state index in [2.05, 4.69) is 4.98 Å². The van der Waals surface area contributed by atoms with Crippen molar-refractivity contribution < 1.29 is 18.7 Å². The van der Waals surface area contributed by atoms with E-state index in [1.807, 2.05) is 4.90 Å². The minimum atomic E-state index is -1.05. The van der Waals surface area contributed by atoms with Crippen LogP contribution in [-0.4, -0.2) is 22.6 Å². The normalized spacial score (nSPS) is 13.9. The standard InChI is InChI=1S/C15H12F2N2O2/c16-12-2-1-11(6-13(12)17)19-4-3-9-5-14(15(20)21)18-7-10(9)8-19/h1-2,5-7H,3-4,8H2,(H,20,21). The lowest BCUT2D eigenvalue weighted by atomic mass is 10.0. The van der Waals surface area contributed by atoms with Gasteiger partial charge in [0.15, 0.2) is 11.6 Å². The molecule has 21 heavy (non-hydrogen) atoms. The molecule has 4 nitrogen and oxygen atoms in total. The fourth-order valence-corrected chi connectivity index (χ4v) is 2.46. The van der Waals surface area contributed by atoms with Crippen LogP contribution < -0.4 is 4.90 Å². The summed E-state index contributed by atoms with van der Waals surface area (Å²) in [7, 11) is 0. The van der Waals surface area contributed by atoms with Gasteiger partial charge in [-0.1, -0.05) is 0 Å². The number of carbonyl (C=O) groups is 1. The molecule has 3 rings (SSSR count). The highest BCUT2D eigenvalue weighted by Gasteiger charge is 2.19. The van der Waals surface area contributed by atoms with Gasteiger partial charge in [0.05, 0.1) is 0 Å². The summed E-state index contributed by atoms with van der Waals surface area (Å²) >= 11 is 0. The van der Waals surface area contributed by atoms with Crippen molar-refractivity contribution in [3.05, 3.63) is 58.9 Å². The number of anilines is 1. The van der Waals surface area contributed by atoms with Crippen LogP contribution in [0.15, 0.2) is 30.5 Å². The topological polar surface area (TPSA) is 53.4 Å². The van der Waals surface area contributed by atoms with Crippen LogP contribution in [0, 0.1) is 11.6 Å². The van der Waals surface area contributed by atoms with Gasteiger partial charge in [-0.3, -0.25) is 0 Å². The van der Waals surface area contributed by atoms with Gasteiger partial charge in [-0.2, -0.15) is 0 Å². The van der Waals surface area contributed by atoms with Crippen molar-refractivity contribution in [2.24, 2.45) is 0 Å². The molecule has 0 atom stereocenters. The fourth-order valence-electron chi connectivity index (χ4n) is 2.46. The molecule has 0 radical (unpaired) electrons. The number of aromatic carboxylic acids is 1. The summed E-state index contributed by atoms with van der Waals surface area (Å²) in [5, 5.41) is 8.92. The third-order valence-corrected chi connectivity index (χ3v) is 3.58. The highest BCUT2D eigenvalue weighted by Crippen LogP contribution is 2.25. The molecule has 1 aromatic heterocycles. The second-order valence-electron chi connectivity index (χ2n) is 4.91. The third kappa shape index (κ3) is 2.56. The van der Waals surface area contributed by atoms with Crippen molar-refractivity contribution >= 4 is 11.7 Å². The molecule has 1 aliphatic heterocycles. The molecule has 1 aliphatic rings. The van der Waals surface area contributed by atoms with Gasteiger partial charge in [0.1, 0.15) is 5.69 Å². The van der Waals surface area contributed by atoms with Crippen LogP contribution in [0.4, 0.5) is 14.5 Å². The Hall–Kier alpha value is -2.50. The molecule has 0 saturated carbocycles. The molecule has 0 fully saturated rings. The van der Waals surface area contributed by atoms with Crippen LogP contribution >= 0.6 is 0 Å². The second-order valence-corrected chi connectivity index (χ2v) is 4.91. The largest absolute Gasteiger partial charge is 0.477 e. The number of carboxylic acids is 1. The van der Waals surface area contributed by atoms with Crippen molar-refractivity contribution in [3.8, 4) is 0 Å². The zero-order chi connectivity index (χ0) is 15.0. The fraction of sp³-hybridized carbons (Fsp3) is 0.200. The smallest absolute Gasteiger partial charge is 0.354 e. The van der Waals surface area contributed by atoms with Gasteiger partial charge in [-0.15, -0.1) is 0 Å². The Labute approximate surface area is 119 Å². The predicted molar refractivity (Wildman–Crippen MR) is 72.3 cm³/mol. The maximum Gasteiger partial charge on any atom is 0.354 e. The second kappa shape index (κ2) is 5.12. The first kappa shape index (κ1) is 13.5. The number of benzene rings is 1. The van der Waals surface area contributed by atoms with Crippen LogP contribution in [0.5, 0.6) is 0 Å². The Balaban J connectivity index is 1.87. The number of aromatic nitrogens is 1. The van der Waals surface area contributed by atoms with E-state index in [0.29, 0.717) is 25.2 Å². The third-order valence-electron chi connectivity index (χ3n) is 3.58. The van der Waals surface area contributed by atoms with Crippen molar-refractivity contribution in [1.82, 2.24) is 4.98 Å². The number of fused-ring (bicyclic) bond motifs is 1. The number of pyridine rings is 1. The Morgan fingerprint density at radius 3 is 2.71 bits per heavy atom. The lowest BCUT2D eigenvalue weighted by molar-refractivity contribution is 0.0690. The zero-order valence-corrected chi connectivity index (χ0v) is 11.0. The van der Waals surface area contributed by atoms with Crippen LogP contribution in [0.25, 0.3) is 0 Å². The minimum Gasteiger partial charge on any atom is -0.477 e. The highest BCUT2D eigenvalue weighted by atomic mass is 19.2. The van der Waals surface area contributed by atoms with E-state index in [1.54, 1.807) is 6.07 Å². The van der Waals surface area contributed by atoms with Gasteiger partial charge < -0.3 is 10.0 Å². The van der Waals surface area contributed by atoms with Crippen LogP contribution in [0.2, 0.25) is 0 Å². The quantitative estimate of drug-likeness (QED) is 0.923. The Morgan fingerprint density at radius 1 is 1.19 bits per heavy atom. The molecule has 0 aliphatic carbocycles. The molecule has 0 amide bonds. The number of hydrogen-bond acceptors (Lipinski definition) is 3. The maximum absolute atomic E-state index is 13.3. The number of halogens is 2. The molecular weight excluding hydrogens is 278 g/mol. The van der Waals surface area contributed by atoms with E-state index in [-0.39, 0.29) is 5.69 Å². The van der Waals surface area contributed by atoms with E-state index in [9.17, 15) is 13.6 Å². The Morgan fingerprint density at radius 2 is 2.00 bits per heavy atom. The number of hydrogen-bond donors (Lipinski definition) is 1. The van der Waals surface area contributed by atoms with Crippen molar-refractivity contribution in [2.75, 3.05) is 11.4 Å².